The SMILES string of the molecule is Cc1ccc2c(c1)C1(SC(C)(C)CN1C(=O)c1cccc(Cl)c1)C(=O)N2Cc1ccc(F)cc1. The summed E-state index contributed by atoms with van der Waals surface area (Å²) in [6.07, 6.45) is 0. The first-order valence-corrected chi connectivity index (χ1v) is 12.3. The first-order valence-electron chi connectivity index (χ1n) is 11.1. The van der Waals surface area contributed by atoms with Crippen LogP contribution in [0.3, 0.4) is 0 Å². The lowest BCUT2D eigenvalue weighted by molar-refractivity contribution is -0.123. The Morgan fingerprint density at radius 2 is 1.82 bits per heavy atom. The number of carbonyl (C=O) groups excluding carboxylic acids is 2. The summed E-state index contributed by atoms with van der Waals surface area (Å²) in [4.78, 5) is 30.3. The maximum Gasteiger partial charge on any atom is 0.268 e. The van der Waals surface area contributed by atoms with Gasteiger partial charge in [-0.1, -0.05) is 47.5 Å². The van der Waals surface area contributed by atoms with Gasteiger partial charge >= 0.3 is 0 Å². The van der Waals surface area contributed by atoms with Crippen molar-refractivity contribution in [3.8, 4) is 0 Å². The summed E-state index contributed by atoms with van der Waals surface area (Å²) in [6.45, 7) is 6.78. The minimum Gasteiger partial charge on any atom is -0.310 e. The Balaban J connectivity index is 1.65. The summed E-state index contributed by atoms with van der Waals surface area (Å²) in [5, 5.41) is 0.470. The molecule has 3 aromatic carbocycles. The molecule has 0 aromatic heterocycles. The number of anilines is 1. The van der Waals surface area contributed by atoms with Gasteiger partial charge in [-0.15, -0.1) is 11.8 Å². The predicted molar refractivity (Wildman–Crippen MR) is 135 cm³/mol. The topological polar surface area (TPSA) is 40.6 Å². The number of rotatable bonds is 3. The monoisotopic (exact) mass is 494 g/mol. The van der Waals surface area contributed by atoms with Gasteiger partial charge in [-0.05, 0) is 62.7 Å². The first kappa shape index (κ1) is 22.9. The van der Waals surface area contributed by atoms with E-state index < -0.39 is 4.87 Å². The van der Waals surface area contributed by atoms with Crippen LogP contribution in [0.1, 0.15) is 40.9 Å². The number of nitrogens with zero attached hydrogens (tertiary/aromatic N) is 2. The quantitative estimate of drug-likeness (QED) is 0.438. The maximum atomic E-state index is 14.3. The molecular weight excluding hydrogens is 471 g/mol. The highest BCUT2D eigenvalue weighted by Crippen LogP contribution is 2.60. The van der Waals surface area contributed by atoms with E-state index in [1.807, 2.05) is 25.1 Å². The number of thioether (sulfide) groups is 1. The third-order valence-corrected chi connectivity index (χ3v) is 8.08. The van der Waals surface area contributed by atoms with Crippen LogP contribution in [0.4, 0.5) is 10.1 Å². The Morgan fingerprint density at radius 3 is 2.53 bits per heavy atom. The molecule has 3 aromatic rings. The molecule has 1 saturated heterocycles. The van der Waals surface area contributed by atoms with Crippen molar-refractivity contribution in [2.24, 2.45) is 0 Å². The molecule has 0 radical (unpaired) electrons. The van der Waals surface area contributed by atoms with Gasteiger partial charge in [0.05, 0.1) is 12.2 Å². The van der Waals surface area contributed by atoms with E-state index in [0.717, 1.165) is 22.4 Å². The van der Waals surface area contributed by atoms with Crippen molar-refractivity contribution < 1.29 is 14.0 Å². The second kappa shape index (κ2) is 8.14. The maximum absolute atomic E-state index is 14.3. The Bertz CT molecular complexity index is 1310. The Morgan fingerprint density at radius 1 is 1.09 bits per heavy atom. The molecule has 0 saturated carbocycles. The van der Waals surface area contributed by atoms with Gasteiger partial charge in [-0.3, -0.25) is 9.59 Å². The Kier molecular flexibility index (Phi) is 5.49. The van der Waals surface area contributed by atoms with Crippen molar-refractivity contribution >= 4 is 40.9 Å². The fourth-order valence-electron chi connectivity index (χ4n) is 4.82. The molecule has 4 nitrogen and oxygen atoms in total. The molecule has 2 heterocycles. The Labute approximate surface area is 207 Å². The lowest BCUT2D eigenvalue weighted by Crippen LogP contribution is -2.50. The summed E-state index contributed by atoms with van der Waals surface area (Å²) >= 11 is 7.69. The lowest BCUT2D eigenvalue weighted by atomic mass is 10.0. The Hall–Kier alpha value is -2.83. The van der Waals surface area contributed by atoms with Gasteiger partial charge in [0.25, 0.3) is 11.8 Å². The molecule has 0 aliphatic carbocycles. The standard InChI is InChI=1S/C27H24ClFN2O2S/c1-17-7-12-23-22(13-17)27(25(33)30(23)15-18-8-10-21(29)11-9-18)31(16-26(2,3)34-27)24(32)19-5-4-6-20(28)14-19/h4-14H,15-16H2,1-3H3. The average Bonchev–Trinajstić information content (AvgIpc) is 3.20. The van der Waals surface area contributed by atoms with Crippen LogP contribution in [0.5, 0.6) is 0 Å². The van der Waals surface area contributed by atoms with Gasteiger partial charge < -0.3 is 9.80 Å². The second-order valence-electron chi connectivity index (χ2n) is 9.45. The minimum absolute atomic E-state index is 0.164. The van der Waals surface area contributed by atoms with Crippen LogP contribution in [0.2, 0.25) is 5.02 Å². The highest BCUT2D eigenvalue weighted by molar-refractivity contribution is 8.02. The highest BCUT2D eigenvalue weighted by Gasteiger charge is 2.63. The van der Waals surface area contributed by atoms with Crippen LogP contribution in [0.25, 0.3) is 0 Å². The number of fused-ring (bicyclic) bond motifs is 2. The molecular formula is C27H24ClFN2O2S. The van der Waals surface area contributed by atoms with Gasteiger partial charge in [0.2, 0.25) is 0 Å². The fourth-order valence-corrected chi connectivity index (χ4v) is 6.74. The van der Waals surface area contributed by atoms with Crippen LogP contribution in [0.15, 0.2) is 66.7 Å². The third-order valence-electron chi connectivity index (χ3n) is 6.26. The molecule has 34 heavy (non-hydrogen) atoms. The summed E-state index contributed by atoms with van der Waals surface area (Å²) in [6, 6.07) is 18.9. The number of benzene rings is 3. The van der Waals surface area contributed by atoms with Crippen molar-refractivity contribution in [2.45, 2.75) is 36.9 Å². The van der Waals surface area contributed by atoms with Crippen molar-refractivity contribution in [1.29, 1.82) is 0 Å². The van der Waals surface area contributed by atoms with Crippen LogP contribution in [-0.2, 0) is 16.2 Å². The summed E-state index contributed by atoms with van der Waals surface area (Å²) < 4.78 is 13.1. The summed E-state index contributed by atoms with van der Waals surface area (Å²) in [5.41, 5.74) is 3.85. The number of hydrogen-bond acceptors (Lipinski definition) is 3. The molecule has 1 fully saturated rings. The highest BCUT2D eigenvalue weighted by atomic mass is 35.5. The van der Waals surface area contributed by atoms with E-state index in [1.54, 1.807) is 46.2 Å². The van der Waals surface area contributed by atoms with E-state index in [0.29, 0.717) is 17.1 Å². The zero-order valence-electron chi connectivity index (χ0n) is 19.1. The number of aryl methyl sites for hydroxylation is 1. The van der Waals surface area contributed by atoms with Crippen molar-refractivity contribution in [2.75, 3.05) is 11.4 Å². The molecule has 2 aliphatic heterocycles. The predicted octanol–water partition coefficient (Wildman–Crippen LogP) is 6.15. The zero-order chi connectivity index (χ0) is 24.3. The van der Waals surface area contributed by atoms with E-state index in [1.165, 1.54) is 23.9 Å². The smallest absolute Gasteiger partial charge is 0.268 e. The summed E-state index contributed by atoms with van der Waals surface area (Å²) in [5.74, 6) is -0.719. The van der Waals surface area contributed by atoms with Gasteiger partial charge in [-0.25, -0.2) is 4.39 Å². The van der Waals surface area contributed by atoms with E-state index in [-0.39, 0.29) is 28.9 Å². The number of halogens is 2. The van der Waals surface area contributed by atoms with Crippen LogP contribution >= 0.6 is 23.4 Å². The van der Waals surface area contributed by atoms with Gasteiger partial charge in [0.15, 0.2) is 4.87 Å². The average molecular weight is 495 g/mol. The van der Waals surface area contributed by atoms with Gasteiger partial charge in [0, 0.05) is 27.4 Å². The summed E-state index contributed by atoms with van der Waals surface area (Å²) in [7, 11) is 0. The fraction of sp³-hybridized carbons (Fsp3) is 0.259. The number of amides is 2. The van der Waals surface area contributed by atoms with Crippen molar-refractivity contribution in [3.63, 3.8) is 0 Å². The van der Waals surface area contributed by atoms with E-state index in [2.05, 4.69) is 13.8 Å². The van der Waals surface area contributed by atoms with Crippen LogP contribution in [-0.4, -0.2) is 28.0 Å². The minimum atomic E-state index is -1.19. The molecule has 2 aliphatic rings. The molecule has 2 amide bonds. The molecule has 5 rings (SSSR count). The van der Waals surface area contributed by atoms with Crippen molar-refractivity contribution in [1.82, 2.24) is 4.90 Å². The van der Waals surface area contributed by atoms with Gasteiger partial charge in [0.1, 0.15) is 5.82 Å². The third kappa shape index (κ3) is 3.69. The lowest BCUT2D eigenvalue weighted by Gasteiger charge is -2.33. The van der Waals surface area contributed by atoms with E-state index in [9.17, 15) is 14.0 Å². The normalized spacial score (nSPS) is 20.8. The molecule has 7 heteroatoms. The number of carbonyl (C=O) groups is 2. The molecule has 0 bridgehead atoms. The largest absolute Gasteiger partial charge is 0.310 e. The molecule has 174 valence electrons. The first-order chi connectivity index (χ1) is 16.1. The number of hydrogen-bond donors (Lipinski definition) is 0. The molecule has 1 unspecified atom stereocenters. The molecule has 1 spiro atoms. The van der Waals surface area contributed by atoms with Gasteiger partial charge in [-0.2, -0.15) is 0 Å². The van der Waals surface area contributed by atoms with E-state index >= 15 is 0 Å². The zero-order valence-corrected chi connectivity index (χ0v) is 20.7. The molecule has 1 atom stereocenters. The van der Waals surface area contributed by atoms with E-state index in [4.69, 9.17) is 11.6 Å². The van der Waals surface area contributed by atoms with Crippen LogP contribution in [0, 0.1) is 12.7 Å². The second-order valence-corrected chi connectivity index (χ2v) is 11.8. The van der Waals surface area contributed by atoms with Crippen molar-refractivity contribution in [3.05, 3.63) is 99.8 Å². The molecule has 0 N–H and O–H groups in total. The van der Waals surface area contributed by atoms with Crippen LogP contribution < -0.4 is 4.90 Å².